The van der Waals surface area contributed by atoms with Crippen molar-refractivity contribution in [3.05, 3.63) is 29.7 Å². The monoisotopic (exact) mass is 230 g/mol. The van der Waals surface area contributed by atoms with Gasteiger partial charge >= 0.3 is 0 Å². The maximum absolute atomic E-state index is 5.95. The zero-order chi connectivity index (χ0) is 11.8. The van der Waals surface area contributed by atoms with Gasteiger partial charge in [-0.05, 0) is 31.9 Å². The summed E-state index contributed by atoms with van der Waals surface area (Å²) in [6.07, 6.45) is 5.07. The summed E-state index contributed by atoms with van der Waals surface area (Å²) in [5.41, 5.74) is 7.90. The molecule has 17 heavy (non-hydrogen) atoms. The highest BCUT2D eigenvalue weighted by atomic mass is 15.3. The van der Waals surface area contributed by atoms with Crippen molar-refractivity contribution in [2.75, 3.05) is 0 Å². The zero-order valence-electron chi connectivity index (χ0n) is 10.1. The third kappa shape index (κ3) is 1.82. The van der Waals surface area contributed by atoms with E-state index in [0.717, 1.165) is 17.2 Å². The minimum absolute atomic E-state index is 0.0168. The van der Waals surface area contributed by atoms with Gasteiger partial charge in [-0.3, -0.25) is 0 Å². The van der Waals surface area contributed by atoms with Crippen LogP contribution in [-0.4, -0.2) is 14.6 Å². The van der Waals surface area contributed by atoms with Crippen molar-refractivity contribution in [3.8, 4) is 0 Å². The standard InChI is InChI=1S/C13H18N4/c1-9(14)11-7-4-8-12-15-13(16-17(11)12)10-5-2-3-6-10/h4,7-10H,2-3,5-6,14H2,1H3. The first-order valence-corrected chi connectivity index (χ1v) is 6.37. The number of rotatable bonds is 2. The van der Waals surface area contributed by atoms with E-state index in [1.54, 1.807) is 0 Å². The average Bonchev–Trinajstić information content (AvgIpc) is 2.96. The number of fused-ring (bicyclic) bond motifs is 1. The fourth-order valence-corrected chi connectivity index (χ4v) is 2.64. The van der Waals surface area contributed by atoms with Gasteiger partial charge in [0.05, 0.1) is 5.69 Å². The second kappa shape index (κ2) is 4.11. The minimum Gasteiger partial charge on any atom is -0.323 e. The van der Waals surface area contributed by atoms with Crippen LogP contribution in [0.25, 0.3) is 5.65 Å². The lowest BCUT2D eigenvalue weighted by atomic mass is 10.1. The molecule has 1 unspecified atom stereocenters. The molecule has 2 N–H and O–H groups in total. The molecule has 0 amide bonds. The summed E-state index contributed by atoms with van der Waals surface area (Å²) in [6.45, 7) is 1.98. The van der Waals surface area contributed by atoms with E-state index < -0.39 is 0 Å². The molecule has 90 valence electrons. The molecule has 1 aliphatic rings. The van der Waals surface area contributed by atoms with Gasteiger partial charge in [-0.25, -0.2) is 9.50 Å². The highest BCUT2D eigenvalue weighted by Crippen LogP contribution is 2.32. The summed E-state index contributed by atoms with van der Waals surface area (Å²) >= 11 is 0. The Morgan fingerprint density at radius 1 is 1.35 bits per heavy atom. The normalized spacial score (nSPS) is 18.9. The average molecular weight is 230 g/mol. The van der Waals surface area contributed by atoms with Crippen molar-refractivity contribution < 1.29 is 0 Å². The van der Waals surface area contributed by atoms with Crippen LogP contribution >= 0.6 is 0 Å². The molecule has 0 bridgehead atoms. The van der Waals surface area contributed by atoms with Gasteiger partial charge in [-0.2, -0.15) is 5.10 Å². The Morgan fingerprint density at radius 2 is 2.12 bits per heavy atom. The maximum Gasteiger partial charge on any atom is 0.156 e. The summed E-state index contributed by atoms with van der Waals surface area (Å²) < 4.78 is 1.90. The molecule has 4 heteroatoms. The molecule has 0 saturated heterocycles. The first kappa shape index (κ1) is 10.7. The van der Waals surface area contributed by atoms with Crippen LogP contribution in [0.15, 0.2) is 18.2 Å². The third-order valence-corrected chi connectivity index (χ3v) is 3.59. The first-order chi connectivity index (χ1) is 8.25. The van der Waals surface area contributed by atoms with Crippen molar-refractivity contribution in [2.45, 2.75) is 44.6 Å². The molecule has 2 aromatic rings. The van der Waals surface area contributed by atoms with E-state index in [1.165, 1.54) is 25.7 Å². The topological polar surface area (TPSA) is 56.2 Å². The lowest BCUT2D eigenvalue weighted by Crippen LogP contribution is -2.11. The van der Waals surface area contributed by atoms with Crippen LogP contribution in [0.2, 0.25) is 0 Å². The number of nitrogens with zero attached hydrogens (tertiary/aromatic N) is 3. The van der Waals surface area contributed by atoms with Gasteiger partial charge in [-0.15, -0.1) is 0 Å². The first-order valence-electron chi connectivity index (χ1n) is 6.37. The molecule has 1 fully saturated rings. The zero-order valence-corrected chi connectivity index (χ0v) is 10.1. The van der Waals surface area contributed by atoms with Gasteiger partial charge in [0.1, 0.15) is 0 Å². The van der Waals surface area contributed by atoms with Gasteiger partial charge in [0.2, 0.25) is 0 Å². The minimum atomic E-state index is -0.0168. The van der Waals surface area contributed by atoms with Gasteiger partial charge in [-0.1, -0.05) is 18.9 Å². The van der Waals surface area contributed by atoms with Crippen molar-refractivity contribution in [1.82, 2.24) is 14.6 Å². The summed E-state index contributed by atoms with van der Waals surface area (Å²) in [5.74, 6) is 1.55. The number of nitrogens with two attached hydrogens (primary N) is 1. The van der Waals surface area contributed by atoms with Gasteiger partial charge in [0, 0.05) is 12.0 Å². The van der Waals surface area contributed by atoms with E-state index in [1.807, 2.05) is 29.6 Å². The van der Waals surface area contributed by atoms with Gasteiger partial charge in [0.25, 0.3) is 0 Å². The van der Waals surface area contributed by atoms with Crippen molar-refractivity contribution >= 4 is 5.65 Å². The molecule has 1 atom stereocenters. The van der Waals surface area contributed by atoms with Crippen molar-refractivity contribution in [2.24, 2.45) is 5.73 Å². The van der Waals surface area contributed by atoms with Gasteiger partial charge in [0.15, 0.2) is 11.5 Å². The summed E-state index contributed by atoms with van der Waals surface area (Å²) in [4.78, 5) is 4.63. The second-order valence-electron chi connectivity index (χ2n) is 4.96. The molecule has 0 aromatic carbocycles. The summed E-state index contributed by atoms with van der Waals surface area (Å²) in [5, 5.41) is 4.64. The number of hydrogen-bond donors (Lipinski definition) is 1. The lowest BCUT2D eigenvalue weighted by molar-refractivity contribution is 0.653. The van der Waals surface area contributed by atoms with Crippen LogP contribution in [0, 0.1) is 0 Å². The Balaban J connectivity index is 2.08. The Hall–Kier alpha value is -1.42. The molecule has 2 aromatic heterocycles. The summed E-state index contributed by atoms with van der Waals surface area (Å²) in [6, 6.07) is 6.00. The highest BCUT2D eigenvalue weighted by Gasteiger charge is 2.22. The van der Waals surface area contributed by atoms with Gasteiger partial charge < -0.3 is 5.73 Å². The van der Waals surface area contributed by atoms with Crippen LogP contribution in [-0.2, 0) is 0 Å². The van der Waals surface area contributed by atoms with Crippen LogP contribution in [0.3, 0.4) is 0 Å². The van der Waals surface area contributed by atoms with E-state index in [2.05, 4.69) is 10.1 Å². The molecule has 4 nitrogen and oxygen atoms in total. The van der Waals surface area contributed by atoms with E-state index in [0.29, 0.717) is 5.92 Å². The molecular weight excluding hydrogens is 212 g/mol. The van der Waals surface area contributed by atoms with Crippen LogP contribution in [0.4, 0.5) is 0 Å². The van der Waals surface area contributed by atoms with Crippen LogP contribution < -0.4 is 5.73 Å². The number of aromatic nitrogens is 3. The van der Waals surface area contributed by atoms with E-state index in [9.17, 15) is 0 Å². The quantitative estimate of drug-likeness (QED) is 0.862. The number of pyridine rings is 1. The number of hydrogen-bond acceptors (Lipinski definition) is 3. The lowest BCUT2D eigenvalue weighted by Gasteiger charge is -2.06. The molecule has 0 spiro atoms. The Kier molecular flexibility index (Phi) is 2.59. The molecule has 2 heterocycles. The highest BCUT2D eigenvalue weighted by molar-refractivity contribution is 5.39. The Morgan fingerprint density at radius 3 is 2.82 bits per heavy atom. The van der Waals surface area contributed by atoms with E-state index in [4.69, 9.17) is 5.73 Å². The fourth-order valence-electron chi connectivity index (χ4n) is 2.64. The smallest absolute Gasteiger partial charge is 0.156 e. The Bertz CT molecular complexity index is 523. The summed E-state index contributed by atoms with van der Waals surface area (Å²) in [7, 11) is 0. The molecule has 1 aliphatic carbocycles. The molecule has 0 radical (unpaired) electrons. The second-order valence-corrected chi connectivity index (χ2v) is 4.96. The van der Waals surface area contributed by atoms with E-state index in [-0.39, 0.29) is 6.04 Å². The fraction of sp³-hybridized carbons (Fsp3) is 0.538. The van der Waals surface area contributed by atoms with Crippen LogP contribution in [0.5, 0.6) is 0 Å². The van der Waals surface area contributed by atoms with Crippen LogP contribution in [0.1, 0.15) is 56.1 Å². The third-order valence-electron chi connectivity index (χ3n) is 3.59. The Labute approximate surface area is 101 Å². The van der Waals surface area contributed by atoms with E-state index >= 15 is 0 Å². The largest absolute Gasteiger partial charge is 0.323 e. The molecular formula is C13H18N4. The van der Waals surface area contributed by atoms with Crippen molar-refractivity contribution in [1.29, 1.82) is 0 Å². The maximum atomic E-state index is 5.95. The predicted octanol–water partition coefficient (Wildman–Crippen LogP) is 2.41. The SMILES string of the molecule is CC(N)c1cccc2nc(C3CCCC3)nn12. The molecule has 1 saturated carbocycles. The predicted molar refractivity (Wildman–Crippen MR) is 66.8 cm³/mol. The molecule has 3 rings (SSSR count). The molecule has 0 aliphatic heterocycles. The van der Waals surface area contributed by atoms with Crippen molar-refractivity contribution in [3.63, 3.8) is 0 Å².